The van der Waals surface area contributed by atoms with Crippen LogP contribution in [0.3, 0.4) is 0 Å². The van der Waals surface area contributed by atoms with Crippen molar-refractivity contribution < 1.29 is 9.53 Å². The SMILES string of the molecule is CCCCNC(=O)c1nc2cc(C)c(C)cc2nc1-c1cccc(OC)c1. The van der Waals surface area contributed by atoms with E-state index in [-0.39, 0.29) is 5.91 Å². The zero-order valence-electron chi connectivity index (χ0n) is 16.3. The van der Waals surface area contributed by atoms with Gasteiger partial charge >= 0.3 is 0 Å². The molecule has 140 valence electrons. The Morgan fingerprint density at radius 3 is 2.44 bits per heavy atom. The van der Waals surface area contributed by atoms with E-state index in [4.69, 9.17) is 9.72 Å². The molecule has 1 aromatic heterocycles. The predicted octanol–water partition coefficient (Wildman–Crippen LogP) is 4.45. The molecule has 0 aliphatic rings. The fourth-order valence-corrected chi connectivity index (χ4v) is 2.90. The Labute approximate surface area is 159 Å². The number of benzene rings is 2. The van der Waals surface area contributed by atoms with E-state index in [0.717, 1.165) is 40.6 Å². The van der Waals surface area contributed by atoms with Gasteiger partial charge in [-0.2, -0.15) is 0 Å². The molecule has 2 aromatic carbocycles. The van der Waals surface area contributed by atoms with Gasteiger partial charge < -0.3 is 10.1 Å². The molecule has 0 aliphatic carbocycles. The Morgan fingerprint density at radius 1 is 1.07 bits per heavy atom. The standard InChI is InChI=1S/C22H25N3O2/c1-5-6-10-23-22(26)21-20(16-8-7-9-17(13-16)27-4)24-18-11-14(2)15(3)12-19(18)25-21/h7-9,11-13H,5-6,10H2,1-4H3,(H,23,26). The topological polar surface area (TPSA) is 64.1 Å². The van der Waals surface area contributed by atoms with Gasteiger partial charge in [0.25, 0.3) is 5.91 Å². The third-order valence-electron chi connectivity index (χ3n) is 4.65. The lowest BCUT2D eigenvalue weighted by Gasteiger charge is -2.12. The smallest absolute Gasteiger partial charge is 0.272 e. The van der Waals surface area contributed by atoms with Gasteiger partial charge in [-0.3, -0.25) is 4.79 Å². The van der Waals surface area contributed by atoms with Crippen molar-refractivity contribution in [2.75, 3.05) is 13.7 Å². The van der Waals surface area contributed by atoms with Gasteiger partial charge in [-0.25, -0.2) is 9.97 Å². The highest BCUT2D eigenvalue weighted by Gasteiger charge is 2.18. The molecule has 27 heavy (non-hydrogen) atoms. The number of carbonyl (C=O) groups is 1. The lowest BCUT2D eigenvalue weighted by Crippen LogP contribution is -2.26. The third-order valence-corrected chi connectivity index (χ3v) is 4.65. The summed E-state index contributed by atoms with van der Waals surface area (Å²) in [7, 11) is 1.62. The number of fused-ring (bicyclic) bond motifs is 1. The van der Waals surface area contributed by atoms with Crippen molar-refractivity contribution in [3.63, 3.8) is 0 Å². The molecule has 0 unspecified atom stereocenters. The summed E-state index contributed by atoms with van der Waals surface area (Å²) >= 11 is 0. The molecule has 1 heterocycles. The van der Waals surface area contributed by atoms with Gasteiger partial charge in [0, 0.05) is 12.1 Å². The summed E-state index contributed by atoms with van der Waals surface area (Å²) < 4.78 is 5.33. The number of methoxy groups -OCH3 is 1. The van der Waals surface area contributed by atoms with Crippen molar-refractivity contribution in [2.45, 2.75) is 33.6 Å². The molecular formula is C22H25N3O2. The van der Waals surface area contributed by atoms with Gasteiger partial charge in [0.15, 0.2) is 5.69 Å². The monoisotopic (exact) mass is 363 g/mol. The molecule has 5 nitrogen and oxygen atoms in total. The van der Waals surface area contributed by atoms with Crippen LogP contribution in [-0.4, -0.2) is 29.5 Å². The zero-order chi connectivity index (χ0) is 19.4. The number of unbranched alkanes of at least 4 members (excludes halogenated alkanes) is 1. The van der Waals surface area contributed by atoms with E-state index in [1.807, 2.05) is 50.2 Å². The van der Waals surface area contributed by atoms with E-state index in [2.05, 4.69) is 17.2 Å². The zero-order valence-corrected chi connectivity index (χ0v) is 16.3. The van der Waals surface area contributed by atoms with Crippen molar-refractivity contribution in [1.82, 2.24) is 15.3 Å². The molecule has 0 radical (unpaired) electrons. The number of hydrogen-bond donors (Lipinski definition) is 1. The third kappa shape index (κ3) is 4.08. The van der Waals surface area contributed by atoms with E-state index in [9.17, 15) is 4.79 Å². The van der Waals surface area contributed by atoms with E-state index in [0.29, 0.717) is 23.7 Å². The Balaban J connectivity index is 2.16. The lowest BCUT2D eigenvalue weighted by atomic mass is 10.1. The molecule has 0 atom stereocenters. The number of carbonyl (C=O) groups excluding carboxylic acids is 1. The Kier molecular flexibility index (Phi) is 5.69. The number of aryl methyl sites for hydroxylation is 2. The van der Waals surface area contributed by atoms with Crippen LogP contribution >= 0.6 is 0 Å². The van der Waals surface area contributed by atoms with Crippen LogP contribution in [0.4, 0.5) is 0 Å². The number of nitrogens with one attached hydrogen (secondary N) is 1. The first-order valence-electron chi connectivity index (χ1n) is 9.25. The normalized spacial score (nSPS) is 10.8. The largest absolute Gasteiger partial charge is 0.497 e. The van der Waals surface area contributed by atoms with Gasteiger partial charge in [0.05, 0.1) is 18.1 Å². The van der Waals surface area contributed by atoms with E-state index >= 15 is 0 Å². The molecule has 0 bridgehead atoms. The minimum atomic E-state index is -0.200. The molecule has 0 spiro atoms. The summed E-state index contributed by atoms with van der Waals surface area (Å²) in [5, 5.41) is 2.96. The maximum atomic E-state index is 12.8. The van der Waals surface area contributed by atoms with Crippen LogP contribution < -0.4 is 10.1 Å². The lowest BCUT2D eigenvalue weighted by molar-refractivity contribution is 0.0949. The molecule has 1 amide bonds. The first-order chi connectivity index (χ1) is 13.0. The maximum absolute atomic E-state index is 12.8. The molecule has 1 N–H and O–H groups in total. The fourth-order valence-electron chi connectivity index (χ4n) is 2.90. The van der Waals surface area contributed by atoms with Crippen LogP contribution in [0.1, 0.15) is 41.4 Å². The number of amides is 1. The Hall–Kier alpha value is -2.95. The maximum Gasteiger partial charge on any atom is 0.272 e. The number of aromatic nitrogens is 2. The quantitative estimate of drug-likeness (QED) is 0.657. The summed E-state index contributed by atoms with van der Waals surface area (Å²) in [6.45, 7) is 6.80. The van der Waals surface area contributed by atoms with Crippen LogP contribution in [0.25, 0.3) is 22.3 Å². The molecular weight excluding hydrogens is 338 g/mol. The summed E-state index contributed by atoms with van der Waals surface area (Å²) in [6.07, 6.45) is 1.95. The van der Waals surface area contributed by atoms with Crippen molar-refractivity contribution in [3.05, 3.63) is 53.2 Å². The average molecular weight is 363 g/mol. The van der Waals surface area contributed by atoms with Crippen LogP contribution in [-0.2, 0) is 0 Å². The number of rotatable bonds is 6. The Morgan fingerprint density at radius 2 is 1.78 bits per heavy atom. The average Bonchev–Trinajstić information content (AvgIpc) is 2.68. The first kappa shape index (κ1) is 18.8. The van der Waals surface area contributed by atoms with Crippen molar-refractivity contribution >= 4 is 16.9 Å². The summed E-state index contributed by atoms with van der Waals surface area (Å²) in [5.41, 5.74) is 5.50. The van der Waals surface area contributed by atoms with Crippen molar-refractivity contribution in [2.24, 2.45) is 0 Å². The van der Waals surface area contributed by atoms with Crippen molar-refractivity contribution in [3.8, 4) is 17.0 Å². The predicted molar refractivity (Wildman–Crippen MR) is 108 cm³/mol. The van der Waals surface area contributed by atoms with Gasteiger partial charge in [-0.1, -0.05) is 25.5 Å². The van der Waals surface area contributed by atoms with Crippen molar-refractivity contribution in [1.29, 1.82) is 0 Å². The second kappa shape index (κ2) is 8.16. The second-order valence-corrected chi connectivity index (χ2v) is 6.69. The highest BCUT2D eigenvalue weighted by atomic mass is 16.5. The highest BCUT2D eigenvalue weighted by Crippen LogP contribution is 2.27. The van der Waals surface area contributed by atoms with Crippen LogP contribution in [0.2, 0.25) is 0 Å². The fraction of sp³-hybridized carbons (Fsp3) is 0.318. The first-order valence-corrected chi connectivity index (χ1v) is 9.25. The van der Waals surface area contributed by atoms with E-state index in [1.165, 1.54) is 0 Å². The van der Waals surface area contributed by atoms with Gasteiger partial charge in [-0.15, -0.1) is 0 Å². The minimum absolute atomic E-state index is 0.200. The van der Waals surface area contributed by atoms with E-state index < -0.39 is 0 Å². The molecule has 3 rings (SSSR count). The molecule has 0 fully saturated rings. The van der Waals surface area contributed by atoms with Crippen LogP contribution in [0.15, 0.2) is 36.4 Å². The number of ether oxygens (including phenoxy) is 1. The summed E-state index contributed by atoms with van der Waals surface area (Å²) in [6, 6.07) is 11.5. The summed E-state index contributed by atoms with van der Waals surface area (Å²) in [5.74, 6) is 0.515. The number of nitrogens with zero attached hydrogens (tertiary/aromatic N) is 2. The number of hydrogen-bond acceptors (Lipinski definition) is 4. The van der Waals surface area contributed by atoms with Crippen LogP contribution in [0.5, 0.6) is 5.75 Å². The minimum Gasteiger partial charge on any atom is -0.497 e. The van der Waals surface area contributed by atoms with Gasteiger partial charge in [0.2, 0.25) is 0 Å². The molecule has 3 aromatic rings. The highest BCUT2D eigenvalue weighted by molar-refractivity contribution is 6.00. The Bertz CT molecular complexity index is 983. The molecule has 0 saturated heterocycles. The van der Waals surface area contributed by atoms with Gasteiger partial charge in [-0.05, 0) is 55.7 Å². The van der Waals surface area contributed by atoms with E-state index in [1.54, 1.807) is 7.11 Å². The van der Waals surface area contributed by atoms with Gasteiger partial charge in [0.1, 0.15) is 11.4 Å². The molecule has 0 aliphatic heterocycles. The van der Waals surface area contributed by atoms with Crippen LogP contribution in [0, 0.1) is 13.8 Å². The molecule has 5 heteroatoms. The second-order valence-electron chi connectivity index (χ2n) is 6.69. The molecule has 0 saturated carbocycles. The summed E-state index contributed by atoms with van der Waals surface area (Å²) in [4.78, 5) is 22.3.